The maximum absolute atomic E-state index is 11.8. The molecule has 3 nitrogen and oxygen atoms in total. The first-order chi connectivity index (χ1) is 7.41. The Balaban J connectivity index is 3.09. The fourth-order valence-corrected chi connectivity index (χ4v) is 1.73. The van der Waals surface area contributed by atoms with Crippen LogP contribution in [-0.2, 0) is 6.54 Å². The minimum atomic E-state index is -0.0515. The van der Waals surface area contributed by atoms with Gasteiger partial charge in [-0.25, -0.2) is 4.98 Å². The first kappa shape index (κ1) is 13.2. The Labute approximate surface area is 101 Å². The number of nitrogens with zero attached hydrogens (tertiary/aromatic N) is 2. The molecule has 0 radical (unpaired) electrons. The van der Waals surface area contributed by atoms with Gasteiger partial charge in [0.2, 0.25) is 0 Å². The van der Waals surface area contributed by atoms with Crippen molar-refractivity contribution in [3.63, 3.8) is 0 Å². The molecular weight excluding hydrogens is 224 g/mol. The first-order valence-corrected chi connectivity index (χ1v) is 6.07. The molecule has 0 bridgehead atoms. The van der Waals surface area contributed by atoms with Gasteiger partial charge in [-0.3, -0.25) is 9.36 Å². The van der Waals surface area contributed by atoms with Crippen LogP contribution in [0.15, 0.2) is 10.9 Å². The van der Waals surface area contributed by atoms with Gasteiger partial charge in [-0.05, 0) is 12.3 Å². The standard InChI is InChI=1S/C12H19ClN2O/c1-8(2)5-6-15-11(16)7-10(13)14-12(15)9(3)4/h7-9H,5-6H2,1-4H3. The number of hydrogen-bond donors (Lipinski definition) is 0. The Hall–Kier alpha value is -0.830. The average molecular weight is 243 g/mol. The highest BCUT2D eigenvalue weighted by atomic mass is 35.5. The average Bonchev–Trinajstić information content (AvgIpc) is 2.14. The molecule has 1 rings (SSSR count). The summed E-state index contributed by atoms with van der Waals surface area (Å²) in [6.07, 6.45) is 0.975. The Kier molecular flexibility index (Phi) is 4.54. The molecule has 0 fully saturated rings. The topological polar surface area (TPSA) is 34.9 Å². The second kappa shape index (κ2) is 5.48. The molecule has 0 aliphatic rings. The molecule has 0 atom stereocenters. The molecule has 1 heterocycles. The quantitative estimate of drug-likeness (QED) is 0.761. The monoisotopic (exact) mass is 242 g/mol. The SMILES string of the molecule is CC(C)CCn1c(C(C)C)nc(Cl)cc1=O. The van der Waals surface area contributed by atoms with E-state index in [1.54, 1.807) is 4.57 Å². The van der Waals surface area contributed by atoms with Gasteiger partial charge in [-0.2, -0.15) is 0 Å². The van der Waals surface area contributed by atoms with Crippen LogP contribution in [0.25, 0.3) is 0 Å². The summed E-state index contributed by atoms with van der Waals surface area (Å²) in [5.41, 5.74) is -0.0515. The van der Waals surface area contributed by atoms with Gasteiger partial charge < -0.3 is 0 Å². The van der Waals surface area contributed by atoms with Crippen LogP contribution in [0, 0.1) is 5.92 Å². The van der Waals surface area contributed by atoms with Gasteiger partial charge in [-0.1, -0.05) is 39.3 Å². The van der Waals surface area contributed by atoms with E-state index < -0.39 is 0 Å². The molecule has 90 valence electrons. The minimum Gasteiger partial charge on any atom is -0.296 e. The Morgan fingerprint density at radius 3 is 2.50 bits per heavy atom. The molecule has 0 N–H and O–H groups in total. The maximum Gasteiger partial charge on any atom is 0.254 e. The van der Waals surface area contributed by atoms with Crippen molar-refractivity contribution in [2.24, 2.45) is 5.92 Å². The van der Waals surface area contributed by atoms with Crippen LogP contribution >= 0.6 is 11.6 Å². The third-order valence-corrected chi connectivity index (χ3v) is 2.65. The van der Waals surface area contributed by atoms with E-state index in [4.69, 9.17) is 11.6 Å². The predicted molar refractivity (Wildman–Crippen MR) is 67.1 cm³/mol. The number of hydrogen-bond acceptors (Lipinski definition) is 2. The summed E-state index contributed by atoms with van der Waals surface area (Å²) >= 11 is 5.80. The van der Waals surface area contributed by atoms with Gasteiger partial charge in [0.05, 0.1) is 0 Å². The van der Waals surface area contributed by atoms with E-state index in [1.807, 2.05) is 13.8 Å². The van der Waals surface area contributed by atoms with Gasteiger partial charge in [0.25, 0.3) is 5.56 Å². The molecule has 0 saturated heterocycles. The van der Waals surface area contributed by atoms with Crippen molar-refractivity contribution in [2.45, 2.75) is 46.6 Å². The highest BCUT2D eigenvalue weighted by Crippen LogP contribution is 2.14. The molecule has 16 heavy (non-hydrogen) atoms. The molecular formula is C12H19ClN2O. The highest BCUT2D eigenvalue weighted by molar-refractivity contribution is 6.29. The lowest BCUT2D eigenvalue weighted by atomic mass is 10.1. The van der Waals surface area contributed by atoms with Crippen LogP contribution in [0.4, 0.5) is 0 Å². The minimum absolute atomic E-state index is 0.0515. The van der Waals surface area contributed by atoms with Crippen LogP contribution in [0.3, 0.4) is 0 Å². The lowest BCUT2D eigenvalue weighted by Gasteiger charge is -2.15. The van der Waals surface area contributed by atoms with Crippen molar-refractivity contribution >= 4 is 11.6 Å². The molecule has 0 saturated carbocycles. The van der Waals surface area contributed by atoms with Crippen LogP contribution in [0.1, 0.15) is 45.9 Å². The van der Waals surface area contributed by atoms with Crippen molar-refractivity contribution < 1.29 is 0 Å². The summed E-state index contributed by atoms with van der Waals surface area (Å²) < 4.78 is 1.73. The molecule has 0 aromatic carbocycles. The molecule has 0 unspecified atom stereocenters. The van der Waals surface area contributed by atoms with Crippen LogP contribution < -0.4 is 5.56 Å². The first-order valence-electron chi connectivity index (χ1n) is 5.69. The second-order valence-corrected chi connectivity index (χ2v) is 5.15. The van der Waals surface area contributed by atoms with E-state index in [-0.39, 0.29) is 16.6 Å². The smallest absolute Gasteiger partial charge is 0.254 e. The van der Waals surface area contributed by atoms with Gasteiger partial charge in [0.15, 0.2) is 0 Å². The second-order valence-electron chi connectivity index (χ2n) is 4.76. The molecule has 0 aliphatic heterocycles. The van der Waals surface area contributed by atoms with E-state index in [0.29, 0.717) is 12.5 Å². The lowest BCUT2D eigenvalue weighted by Crippen LogP contribution is -2.25. The highest BCUT2D eigenvalue weighted by Gasteiger charge is 2.11. The Morgan fingerprint density at radius 2 is 2.00 bits per heavy atom. The van der Waals surface area contributed by atoms with Gasteiger partial charge in [-0.15, -0.1) is 0 Å². The molecule has 1 aromatic rings. The normalized spacial score (nSPS) is 11.4. The third kappa shape index (κ3) is 3.34. The van der Waals surface area contributed by atoms with E-state index in [2.05, 4.69) is 18.8 Å². The number of rotatable bonds is 4. The molecule has 0 spiro atoms. The van der Waals surface area contributed by atoms with Crippen LogP contribution in [0.2, 0.25) is 5.15 Å². The molecule has 1 aromatic heterocycles. The number of aromatic nitrogens is 2. The predicted octanol–water partition coefficient (Wildman–Crippen LogP) is 3.07. The summed E-state index contributed by atoms with van der Waals surface area (Å²) in [4.78, 5) is 16.1. The Bertz CT molecular complexity index is 410. The largest absolute Gasteiger partial charge is 0.296 e. The summed E-state index contributed by atoms with van der Waals surface area (Å²) in [6.45, 7) is 9.04. The van der Waals surface area contributed by atoms with Crippen molar-refractivity contribution in [2.75, 3.05) is 0 Å². The van der Waals surface area contributed by atoms with Gasteiger partial charge in [0.1, 0.15) is 11.0 Å². The van der Waals surface area contributed by atoms with Crippen molar-refractivity contribution in [3.8, 4) is 0 Å². The molecule has 4 heteroatoms. The maximum atomic E-state index is 11.8. The zero-order chi connectivity index (χ0) is 12.3. The molecule has 0 aliphatic carbocycles. The fraction of sp³-hybridized carbons (Fsp3) is 0.667. The van der Waals surface area contributed by atoms with E-state index >= 15 is 0 Å². The summed E-state index contributed by atoms with van der Waals surface area (Å²) in [6, 6.07) is 1.38. The third-order valence-electron chi connectivity index (χ3n) is 2.45. The van der Waals surface area contributed by atoms with E-state index in [1.165, 1.54) is 6.07 Å². The van der Waals surface area contributed by atoms with Gasteiger partial charge >= 0.3 is 0 Å². The van der Waals surface area contributed by atoms with Gasteiger partial charge in [0, 0.05) is 18.5 Å². The van der Waals surface area contributed by atoms with E-state index in [0.717, 1.165) is 12.2 Å². The zero-order valence-corrected chi connectivity index (χ0v) is 11.1. The summed E-state index contributed by atoms with van der Waals surface area (Å²) in [5.74, 6) is 1.55. The zero-order valence-electron chi connectivity index (χ0n) is 10.3. The van der Waals surface area contributed by atoms with Crippen molar-refractivity contribution in [3.05, 3.63) is 27.4 Å². The summed E-state index contributed by atoms with van der Waals surface area (Å²) in [7, 11) is 0. The number of halogens is 1. The van der Waals surface area contributed by atoms with Crippen molar-refractivity contribution in [1.82, 2.24) is 9.55 Å². The summed E-state index contributed by atoms with van der Waals surface area (Å²) in [5, 5.41) is 0.287. The van der Waals surface area contributed by atoms with Crippen LogP contribution in [-0.4, -0.2) is 9.55 Å². The molecule has 0 amide bonds. The van der Waals surface area contributed by atoms with Crippen molar-refractivity contribution in [1.29, 1.82) is 0 Å². The fourth-order valence-electron chi connectivity index (χ4n) is 1.55. The van der Waals surface area contributed by atoms with Crippen LogP contribution in [0.5, 0.6) is 0 Å². The Morgan fingerprint density at radius 1 is 1.38 bits per heavy atom. The van der Waals surface area contributed by atoms with E-state index in [9.17, 15) is 4.79 Å². The lowest BCUT2D eigenvalue weighted by molar-refractivity contribution is 0.482.